The van der Waals surface area contributed by atoms with Gasteiger partial charge in [-0.25, -0.2) is 0 Å². The van der Waals surface area contributed by atoms with E-state index in [4.69, 9.17) is 4.74 Å². The molecule has 2 heteroatoms. The van der Waals surface area contributed by atoms with Crippen LogP contribution < -0.4 is 10.1 Å². The molecule has 1 unspecified atom stereocenters. The van der Waals surface area contributed by atoms with Gasteiger partial charge in [0.25, 0.3) is 0 Å². The Bertz CT molecular complexity index is 369. The number of piperidine rings is 1. The van der Waals surface area contributed by atoms with Crippen molar-refractivity contribution >= 4 is 0 Å². The molecule has 18 heavy (non-hydrogen) atoms. The minimum Gasteiger partial charge on any atom is -0.496 e. The summed E-state index contributed by atoms with van der Waals surface area (Å²) in [5.41, 5.74) is 2.79. The van der Waals surface area contributed by atoms with E-state index >= 15 is 0 Å². The lowest BCUT2D eigenvalue weighted by Crippen LogP contribution is -2.29. The number of aryl methyl sites for hydroxylation is 2. The predicted molar refractivity (Wildman–Crippen MR) is 76.3 cm³/mol. The molecular weight excluding hydrogens is 222 g/mol. The zero-order valence-electron chi connectivity index (χ0n) is 11.7. The third-order valence-corrected chi connectivity index (χ3v) is 3.97. The molecule has 1 aromatic carbocycles. The average Bonchev–Trinajstić information content (AvgIpc) is 2.45. The van der Waals surface area contributed by atoms with E-state index in [9.17, 15) is 0 Å². The summed E-state index contributed by atoms with van der Waals surface area (Å²) in [5, 5.41) is 3.49. The fourth-order valence-electron chi connectivity index (χ4n) is 2.80. The first-order chi connectivity index (χ1) is 8.83. The molecule has 2 nitrogen and oxygen atoms in total. The topological polar surface area (TPSA) is 21.3 Å². The van der Waals surface area contributed by atoms with E-state index in [0.29, 0.717) is 0 Å². The second-order valence-corrected chi connectivity index (χ2v) is 5.25. The van der Waals surface area contributed by atoms with Crippen LogP contribution in [0.2, 0.25) is 0 Å². The molecule has 0 bridgehead atoms. The highest BCUT2D eigenvalue weighted by atomic mass is 16.5. The number of hydrogen-bond acceptors (Lipinski definition) is 2. The maximum atomic E-state index is 5.38. The van der Waals surface area contributed by atoms with Gasteiger partial charge in [-0.2, -0.15) is 0 Å². The van der Waals surface area contributed by atoms with E-state index in [0.717, 1.165) is 18.1 Å². The molecule has 1 atom stereocenters. The summed E-state index contributed by atoms with van der Waals surface area (Å²) in [6, 6.07) is 6.65. The van der Waals surface area contributed by atoms with Crippen LogP contribution in [0.25, 0.3) is 0 Å². The molecule has 100 valence electrons. The van der Waals surface area contributed by atoms with E-state index < -0.39 is 0 Å². The van der Waals surface area contributed by atoms with Crippen LogP contribution in [0, 0.1) is 5.92 Å². The Morgan fingerprint density at radius 2 is 2.28 bits per heavy atom. The molecule has 0 aromatic heterocycles. The van der Waals surface area contributed by atoms with Crippen LogP contribution in [0.3, 0.4) is 0 Å². The lowest BCUT2D eigenvalue weighted by atomic mass is 9.92. The number of nitrogens with one attached hydrogen (secondary N) is 1. The summed E-state index contributed by atoms with van der Waals surface area (Å²) < 4.78 is 5.38. The van der Waals surface area contributed by atoms with Gasteiger partial charge in [-0.3, -0.25) is 0 Å². The Kier molecular flexibility index (Phi) is 5.06. The smallest absolute Gasteiger partial charge is 0.122 e. The third kappa shape index (κ3) is 3.49. The minimum atomic E-state index is 0.867. The summed E-state index contributed by atoms with van der Waals surface area (Å²) in [7, 11) is 1.75. The van der Waals surface area contributed by atoms with Gasteiger partial charge in [0.2, 0.25) is 0 Å². The lowest BCUT2D eigenvalue weighted by molar-refractivity contribution is 0.358. The van der Waals surface area contributed by atoms with Gasteiger partial charge in [0.1, 0.15) is 5.75 Å². The number of hydrogen-bond donors (Lipinski definition) is 1. The quantitative estimate of drug-likeness (QED) is 0.863. The molecule has 1 aliphatic heterocycles. The molecule has 1 N–H and O–H groups in total. The largest absolute Gasteiger partial charge is 0.496 e. The van der Waals surface area contributed by atoms with Crippen LogP contribution in [-0.2, 0) is 12.8 Å². The number of ether oxygens (including phenoxy) is 1. The molecule has 1 aliphatic rings. The van der Waals surface area contributed by atoms with Gasteiger partial charge in [-0.1, -0.05) is 19.1 Å². The van der Waals surface area contributed by atoms with Gasteiger partial charge in [-0.15, -0.1) is 0 Å². The first-order valence-corrected chi connectivity index (χ1v) is 7.20. The summed E-state index contributed by atoms with van der Waals surface area (Å²) in [6.07, 6.45) is 6.28. The van der Waals surface area contributed by atoms with Crippen molar-refractivity contribution in [1.29, 1.82) is 0 Å². The summed E-state index contributed by atoms with van der Waals surface area (Å²) in [6.45, 7) is 4.60. The highest BCUT2D eigenvalue weighted by molar-refractivity contribution is 5.37. The van der Waals surface area contributed by atoms with Crippen LogP contribution in [0.4, 0.5) is 0 Å². The Morgan fingerprint density at radius 1 is 1.39 bits per heavy atom. The summed E-state index contributed by atoms with van der Waals surface area (Å²) >= 11 is 0. The van der Waals surface area contributed by atoms with Gasteiger partial charge in [0.05, 0.1) is 7.11 Å². The van der Waals surface area contributed by atoms with E-state index in [2.05, 4.69) is 30.4 Å². The van der Waals surface area contributed by atoms with Crippen LogP contribution >= 0.6 is 0 Å². The Labute approximate surface area is 111 Å². The highest BCUT2D eigenvalue weighted by Crippen LogP contribution is 2.23. The number of rotatable bonds is 5. The Balaban J connectivity index is 1.92. The first kappa shape index (κ1) is 13.4. The van der Waals surface area contributed by atoms with Crippen LogP contribution in [-0.4, -0.2) is 20.2 Å². The fourth-order valence-corrected chi connectivity index (χ4v) is 2.80. The van der Waals surface area contributed by atoms with E-state index in [1.54, 1.807) is 7.11 Å². The predicted octanol–water partition coefficient (Wildman–Crippen LogP) is 3.19. The molecule has 1 heterocycles. The zero-order chi connectivity index (χ0) is 12.8. The normalized spacial score (nSPS) is 19.8. The minimum absolute atomic E-state index is 0.867. The van der Waals surface area contributed by atoms with Crippen molar-refractivity contribution in [2.45, 2.75) is 39.0 Å². The van der Waals surface area contributed by atoms with Crippen molar-refractivity contribution in [3.8, 4) is 5.75 Å². The monoisotopic (exact) mass is 247 g/mol. The number of benzene rings is 1. The van der Waals surface area contributed by atoms with Crippen molar-refractivity contribution in [2.75, 3.05) is 20.2 Å². The lowest BCUT2D eigenvalue weighted by Gasteiger charge is -2.22. The molecule has 0 amide bonds. The molecular formula is C16H25NO. The average molecular weight is 247 g/mol. The molecule has 0 spiro atoms. The molecule has 1 saturated heterocycles. The van der Waals surface area contributed by atoms with Gasteiger partial charge in [-0.05, 0) is 68.3 Å². The zero-order valence-corrected chi connectivity index (χ0v) is 11.7. The van der Waals surface area contributed by atoms with Crippen molar-refractivity contribution in [3.05, 3.63) is 29.3 Å². The third-order valence-electron chi connectivity index (χ3n) is 3.97. The maximum Gasteiger partial charge on any atom is 0.122 e. The van der Waals surface area contributed by atoms with Crippen LogP contribution in [0.15, 0.2) is 18.2 Å². The van der Waals surface area contributed by atoms with Crippen LogP contribution in [0.5, 0.6) is 5.75 Å². The van der Waals surface area contributed by atoms with Crippen molar-refractivity contribution < 1.29 is 4.74 Å². The second-order valence-electron chi connectivity index (χ2n) is 5.25. The SMILES string of the molecule is CCc1cc(CCC2CCCNC2)ccc1OC. The van der Waals surface area contributed by atoms with Gasteiger partial charge in [0.15, 0.2) is 0 Å². The molecule has 0 saturated carbocycles. The van der Waals surface area contributed by atoms with Crippen molar-refractivity contribution in [2.24, 2.45) is 5.92 Å². The molecule has 0 radical (unpaired) electrons. The van der Waals surface area contributed by atoms with E-state index in [1.165, 1.54) is 49.9 Å². The highest BCUT2D eigenvalue weighted by Gasteiger charge is 2.13. The first-order valence-electron chi connectivity index (χ1n) is 7.20. The van der Waals surface area contributed by atoms with Crippen LogP contribution in [0.1, 0.15) is 37.3 Å². The summed E-state index contributed by atoms with van der Waals surface area (Å²) in [4.78, 5) is 0. The number of methoxy groups -OCH3 is 1. The van der Waals surface area contributed by atoms with Crippen molar-refractivity contribution in [1.82, 2.24) is 5.32 Å². The second kappa shape index (κ2) is 6.79. The van der Waals surface area contributed by atoms with E-state index in [-0.39, 0.29) is 0 Å². The fraction of sp³-hybridized carbons (Fsp3) is 0.625. The van der Waals surface area contributed by atoms with Gasteiger partial charge >= 0.3 is 0 Å². The molecule has 1 aromatic rings. The maximum absolute atomic E-state index is 5.38. The Hall–Kier alpha value is -1.02. The van der Waals surface area contributed by atoms with Gasteiger partial charge in [0, 0.05) is 0 Å². The molecule has 2 rings (SSSR count). The molecule has 0 aliphatic carbocycles. The summed E-state index contributed by atoms with van der Waals surface area (Å²) in [5.74, 6) is 1.89. The van der Waals surface area contributed by atoms with Gasteiger partial charge < -0.3 is 10.1 Å². The van der Waals surface area contributed by atoms with E-state index in [1.807, 2.05) is 0 Å². The molecule has 1 fully saturated rings. The van der Waals surface area contributed by atoms with Crippen molar-refractivity contribution in [3.63, 3.8) is 0 Å². The Morgan fingerprint density at radius 3 is 2.94 bits per heavy atom. The standard InChI is InChI=1S/C16H25NO/c1-3-15-11-13(8-9-16(15)18-2)6-7-14-5-4-10-17-12-14/h8-9,11,14,17H,3-7,10,12H2,1-2H3.